The van der Waals surface area contributed by atoms with Crippen LogP contribution in [0.15, 0.2) is 30.3 Å². The van der Waals surface area contributed by atoms with Crippen molar-refractivity contribution in [1.29, 1.82) is 0 Å². The van der Waals surface area contributed by atoms with E-state index in [1.54, 1.807) is 12.1 Å². The summed E-state index contributed by atoms with van der Waals surface area (Å²) in [6.07, 6.45) is 0. The highest BCUT2D eigenvalue weighted by Crippen LogP contribution is 2.31. The molecule has 0 saturated carbocycles. The largest absolute Gasteiger partial charge is 0.496 e. The normalized spacial score (nSPS) is 10.4. The van der Waals surface area contributed by atoms with Gasteiger partial charge in [0.1, 0.15) is 11.5 Å². The van der Waals surface area contributed by atoms with Crippen LogP contribution >= 0.6 is 47.2 Å². The van der Waals surface area contributed by atoms with Gasteiger partial charge in [0.2, 0.25) is 0 Å². The fraction of sp³-hybridized carbons (Fsp3) is 0.364. The summed E-state index contributed by atoms with van der Waals surface area (Å²) < 4.78 is 10.7. The van der Waals surface area contributed by atoms with Crippen molar-refractivity contribution in [3.63, 3.8) is 0 Å². The molecule has 182 valence electrons. The summed E-state index contributed by atoms with van der Waals surface area (Å²) in [6.45, 7) is 6.87. The quantitative estimate of drug-likeness (QED) is 0.412. The number of ether oxygens (including phenoxy) is 2. The van der Waals surface area contributed by atoms with Crippen LogP contribution in [0, 0.1) is 0 Å². The van der Waals surface area contributed by atoms with Crippen molar-refractivity contribution < 1.29 is 19.1 Å². The van der Waals surface area contributed by atoms with Gasteiger partial charge in [-0.25, -0.2) is 0 Å². The molecule has 0 spiro atoms. The molecule has 7 nitrogen and oxygen atoms in total. The van der Waals surface area contributed by atoms with Gasteiger partial charge in [-0.05, 0) is 37.4 Å². The number of benzene rings is 2. The van der Waals surface area contributed by atoms with Gasteiger partial charge in [-0.15, -0.1) is 12.4 Å². The van der Waals surface area contributed by atoms with Crippen molar-refractivity contribution in [3.8, 4) is 11.5 Å². The molecule has 0 saturated heterocycles. The number of carbonyl (C=O) groups is 2. The van der Waals surface area contributed by atoms with E-state index in [0.29, 0.717) is 28.0 Å². The zero-order valence-electron chi connectivity index (χ0n) is 18.5. The van der Waals surface area contributed by atoms with E-state index in [1.165, 1.54) is 25.3 Å². The number of rotatable bonds is 11. The van der Waals surface area contributed by atoms with E-state index in [0.717, 1.165) is 19.6 Å². The molecule has 0 radical (unpaired) electrons. The summed E-state index contributed by atoms with van der Waals surface area (Å²) in [4.78, 5) is 27.1. The van der Waals surface area contributed by atoms with Gasteiger partial charge in [0.25, 0.3) is 11.8 Å². The minimum Gasteiger partial charge on any atom is -0.496 e. The summed E-state index contributed by atoms with van der Waals surface area (Å²) in [6, 6.07) is 7.65. The Morgan fingerprint density at radius 3 is 2.30 bits per heavy atom. The van der Waals surface area contributed by atoms with Gasteiger partial charge < -0.3 is 25.0 Å². The third kappa shape index (κ3) is 8.76. The lowest BCUT2D eigenvalue weighted by Crippen LogP contribution is -2.35. The van der Waals surface area contributed by atoms with Crippen molar-refractivity contribution in [1.82, 2.24) is 10.2 Å². The molecule has 0 fully saturated rings. The van der Waals surface area contributed by atoms with Crippen LogP contribution in [-0.2, 0) is 4.79 Å². The molecule has 2 rings (SSSR count). The second-order valence-electron chi connectivity index (χ2n) is 6.73. The van der Waals surface area contributed by atoms with Gasteiger partial charge in [0.15, 0.2) is 6.61 Å². The highest BCUT2D eigenvalue weighted by atomic mass is 35.5. The highest BCUT2D eigenvalue weighted by molar-refractivity contribution is 6.35. The number of hydrogen-bond acceptors (Lipinski definition) is 5. The number of carbonyl (C=O) groups excluding carboxylic acids is 2. The number of amides is 2. The molecule has 2 amide bonds. The average Bonchev–Trinajstić information content (AvgIpc) is 2.77. The summed E-state index contributed by atoms with van der Waals surface area (Å²) in [5.41, 5.74) is 0.568. The Balaban J connectivity index is 0.00000544. The lowest BCUT2D eigenvalue weighted by atomic mass is 10.1. The minimum absolute atomic E-state index is 0. The second-order valence-corrected chi connectivity index (χ2v) is 7.98. The number of halogens is 4. The van der Waals surface area contributed by atoms with Crippen LogP contribution in [0.25, 0.3) is 0 Å². The first-order valence-electron chi connectivity index (χ1n) is 10.0. The predicted octanol–water partition coefficient (Wildman–Crippen LogP) is 5.17. The van der Waals surface area contributed by atoms with Crippen LogP contribution in [0.4, 0.5) is 5.69 Å². The Morgan fingerprint density at radius 2 is 1.70 bits per heavy atom. The molecule has 33 heavy (non-hydrogen) atoms. The first kappa shape index (κ1) is 29.1. The van der Waals surface area contributed by atoms with Crippen molar-refractivity contribution in [2.75, 3.05) is 45.2 Å². The third-order valence-electron chi connectivity index (χ3n) is 4.67. The molecule has 2 aromatic rings. The highest BCUT2D eigenvalue weighted by Gasteiger charge is 2.17. The summed E-state index contributed by atoms with van der Waals surface area (Å²) in [5.74, 6) is -0.163. The smallest absolute Gasteiger partial charge is 0.262 e. The lowest BCUT2D eigenvalue weighted by Gasteiger charge is -2.18. The molecular weight excluding hydrogens is 512 g/mol. The van der Waals surface area contributed by atoms with E-state index in [4.69, 9.17) is 44.3 Å². The molecule has 0 aliphatic heterocycles. The number of methoxy groups -OCH3 is 1. The first-order valence-corrected chi connectivity index (χ1v) is 11.2. The molecule has 0 atom stereocenters. The Morgan fingerprint density at radius 1 is 1.00 bits per heavy atom. The minimum atomic E-state index is -0.462. The van der Waals surface area contributed by atoms with E-state index in [2.05, 4.69) is 29.4 Å². The number of nitrogens with one attached hydrogen (secondary N) is 2. The van der Waals surface area contributed by atoms with E-state index in [-0.39, 0.29) is 41.3 Å². The molecule has 0 bridgehead atoms. The maximum absolute atomic E-state index is 12.6. The summed E-state index contributed by atoms with van der Waals surface area (Å²) in [7, 11) is 1.44. The number of hydrogen-bond donors (Lipinski definition) is 2. The molecule has 0 aromatic heterocycles. The van der Waals surface area contributed by atoms with E-state index in [1.807, 2.05) is 0 Å². The summed E-state index contributed by atoms with van der Waals surface area (Å²) >= 11 is 18.2. The van der Waals surface area contributed by atoms with E-state index in [9.17, 15) is 9.59 Å². The van der Waals surface area contributed by atoms with Crippen molar-refractivity contribution in [2.24, 2.45) is 0 Å². The van der Waals surface area contributed by atoms with E-state index >= 15 is 0 Å². The fourth-order valence-corrected chi connectivity index (χ4v) is 3.55. The fourth-order valence-electron chi connectivity index (χ4n) is 2.88. The SMILES string of the molecule is CCN(CC)CCNC(=O)c1cc(Cl)c(NC(=O)COc2ccc(Cl)cc2Cl)cc1OC.Cl. The van der Waals surface area contributed by atoms with Crippen LogP contribution in [0.1, 0.15) is 24.2 Å². The number of likely N-dealkylation sites (N-methyl/N-ethyl adjacent to an activating group) is 1. The van der Waals surface area contributed by atoms with Crippen LogP contribution in [0.3, 0.4) is 0 Å². The van der Waals surface area contributed by atoms with Crippen molar-refractivity contribution >= 4 is 64.7 Å². The van der Waals surface area contributed by atoms with Crippen LogP contribution in [-0.4, -0.2) is 56.6 Å². The second kappa shape index (κ2) is 14.4. The molecule has 2 aromatic carbocycles. The van der Waals surface area contributed by atoms with Crippen molar-refractivity contribution in [3.05, 3.63) is 51.0 Å². The van der Waals surface area contributed by atoms with Crippen LogP contribution in [0.5, 0.6) is 11.5 Å². The Kier molecular flexibility index (Phi) is 12.7. The Hall–Kier alpha value is -1.90. The Bertz CT molecular complexity index is 955. The number of anilines is 1. The predicted molar refractivity (Wildman–Crippen MR) is 136 cm³/mol. The van der Waals surface area contributed by atoms with Crippen LogP contribution in [0.2, 0.25) is 15.1 Å². The standard InChI is InChI=1S/C22H26Cl3N3O4.ClH/c1-4-28(5-2)9-8-26-22(30)15-11-16(24)18(12-20(15)31-3)27-21(29)13-32-19-7-6-14(23)10-17(19)25;/h6-7,10-12H,4-5,8-9,13H2,1-3H3,(H,26,30)(H,27,29);1H. The molecule has 11 heteroatoms. The molecule has 0 unspecified atom stereocenters. The van der Waals surface area contributed by atoms with Gasteiger partial charge in [0, 0.05) is 24.2 Å². The van der Waals surface area contributed by atoms with Gasteiger partial charge in [-0.1, -0.05) is 48.7 Å². The number of nitrogens with zero attached hydrogens (tertiary/aromatic N) is 1. The third-order valence-corrected chi connectivity index (χ3v) is 5.51. The molecule has 0 heterocycles. The molecular formula is C22H27Cl4N3O4. The van der Waals surface area contributed by atoms with Crippen molar-refractivity contribution in [2.45, 2.75) is 13.8 Å². The van der Waals surface area contributed by atoms with Gasteiger partial charge >= 0.3 is 0 Å². The zero-order chi connectivity index (χ0) is 23.7. The van der Waals surface area contributed by atoms with Gasteiger partial charge in [-0.3, -0.25) is 9.59 Å². The average molecular weight is 539 g/mol. The molecule has 0 aliphatic carbocycles. The topological polar surface area (TPSA) is 79.9 Å². The zero-order valence-corrected chi connectivity index (χ0v) is 21.6. The maximum Gasteiger partial charge on any atom is 0.262 e. The van der Waals surface area contributed by atoms with Gasteiger partial charge in [0.05, 0.1) is 28.4 Å². The first-order chi connectivity index (χ1) is 15.3. The maximum atomic E-state index is 12.6. The lowest BCUT2D eigenvalue weighted by molar-refractivity contribution is -0.118. The molecule has 2 N–H and O–H groups in total. The van der Waals surface area contributed by atoms with Crippen LogP contribution < -0.4 is 20.1 Å². The van der Waals surface area contributed by atoms with E-state index < -0.39 is 5.91 Å². The summed E-state index contributed by atoms with van der Waals surface area (Å²) in [5, 5.41) is 6.45. The Labute approximate surface area is 215 Å². The van der Waals surface area contributed by atoms with Gasteiger partial charge in [-0.2, -0.15) is 0 Å². The monoisotopic (exact) mass is 537 g/mol. The molecule has 0 aliphatic rings.